The molecule has 0 saturated heterocycles. The second kappa shape index (κ2) is 7.22. The third kappa shape index (κ3) is 5.70. The van der Waals surface area contributed by atoms with Crippen LogP contribution in [0.1, 0.15) is 26.7 Å². The van der Waals surface area contributed by atoms with Crippen molar-refractivity contribution in [2.24, 2.45) is 5.41 Å². The van der Waals surface area contributed by atoms with Gasteiger partial charge in [-0.1, -0.05) is 0 Å². The number of rotatable bonds is 7. The van der Waals surface area contributed by atoms with Gasteiger partial charge in [-0.3, -0.25) is 9.59 Å². The lowest BCUT2D eigenvalue weighted by atomic mass is 9.92. The fourth-order valence-corrected chi connectivity index (χ4v) is 1.32. The smallest absolute Gasteiger partial charge is 0.226 e. The molecular weight excluding hydrogens is 206 g/mol. The zero-order chi connectivity index (χ0) is 12.6. The lowest BCUT2D eigenvalue weighted by Gasteiger charge is -2.22. The van der Waals surface area contributed by atoms with E-state index in [9.17, 15) is 9.59 Å². The van der Waals surface area contributed by atoms with Crippen molar-refractivity contribution in [3.05, 3.63) is 0 Å². The van der Waals surface area contributed by atoms with Gasteiger partial charge in [0.2, 0.25) is 11.8 Å². The van der Waals surface area contributed by atoms with Gasteiger partial charge < -0.3 is 16.0 Å². The van der Waals surface area contributed by atoms with Crippen molar-refractivity contribution in [3.8, 4) is 0 Å². The predicted molar refractivity (Wildman–Crippen MR) is 64.0 cm³/mol. The summed E-state index contributed by atoms with van der Waals surface area (Å²) in [5, 5.41) is 8.38. The fraction of sp³-hybridized carbons (Fsp3) is 0.818. The largest absolute Gasteiger partial charge is 0.359 e. The zero-order valence-electron chi connectivity index (χ0n) is 10.6. The molecule has 0 saturated carbocycles. The minimum Gasteiger partial charge on any atom is -0.359 e. The highest BCUT2D eigenvalue weighted by molar-refractivity contribution is 5.81. The summed E-state index contributed by atoms with van der Waals surface area (Å²) in [5.41, 5.74) is -0.415. The molecule has 16 heavy (non-hydrogen) atoms. The molecule has 0 aliphatic rings. The van der Waals surface area contributed by atoms with Gasteiger partial charge >= 0.3 is 0 Å². The number of hydrogen-bond acceptors (Lipinski definition) is 3. The van der Waals surface area contributed by atoms with E-state index in [1.165, 1.54) is 0 Å². The Morgan fingerprint density at radius 3 is 2.25 bits per heavy atom. The first-order valence-electron chi connectivity index (χ1n) is 5.57. The van der Waals surface area contributed by atoms with Crippen LogP contribution in [0, 0.1) is 5.41 Å². The van der Waals surface area contributed by atoms with Crippen molar-refractivity contribution in [3.63, 3.8) is 0 Å². The van der Waals surface area contributed by atoms with E-state index in [0.717, 1.165) is 13.0 Å². The van der Waals surface area contributed by atoms with Crippen LogP contribution < -0.4 is 16.0 Å². The van der Waals surface area contributed by atoms with Gasteiger partial charge in [0.15, 0.2) is 0 Å². The van der Waals surface area contributed by atoms with Crippen LogP contribution >= 0.6 is 0 Å². The van der Waals surface area contributed by atoms with Gasteiger partial charge in [-0.25, -0.2) is 0 Å². The summed E-state index contributed by atoms with van der Waals surface area (Å²) >= 11 is 0. The van der Waals surface area contributed by atoms with Gasteiger partial charge in [0.05, 0.1) is 5.41 Å². The Hall–Kier alpha value is -1.10. The fourth-order valence-electron chi connectivity index (χ4n) is 1.32. The molecule has 0 aromatic heterocycles. The van der Waals surface area contributed by atoms with Crippen molar-refractivity contribution < 1.29 is 9.59 Å². The monoisotopic (exact) mass is 229 g/mol. The third-order valence-corrected chi connectivity index (χ3v) is 2.44. The van der Waals surface area contributed by atoms with E-state index >= 15 is 0 Å². The molecule has 5 nitrogen and oxygen atoms in total. The summed E-state index contributed by atoms with van der Waals surface area (Å²) in [6.45, 7) is 5.13. The van der Waals surface area contributed by atoms with Crippen LogP contribution in [0.2, 0.25) is 0 Å². The summed E-state index contributed by atoms with van der Waals surface area (Å²) in [6, 6.07) is 0. The lowest BCUT2D eigenvalue weighted by molar-refractivity contribution is -0.128. The maximum Gasteiger partial charge on any atom is 0.226 e. The van der Waals surface area contributed by atoms with Crippen LogP contribution in [0.15, 0.2) is 0 Å². The molecule has 0 atom stereocenters. The van der Waals surface area contributed by atoms with Crippen molar-refractivity contribution >= 4 is 11.8 Å². The van der Waals surface area contributed by atoms with Crippen molar-refractivity contribution in [2.45, 2.75) is 26.7 Å². The summed E-state index contributed by atoms with van der Waals surface area (Å²) in [5.74, 6) is 0.0682. The molecule has 5 heteroatoms. The zero-order valence-corrected chi connectivity index (χ0v) is 10.6. The SMILES string of the molecule is CNC(=O)CCCNCC(C)(C)C(=O)NC. The maximum absolute atomic E-state index is 11.4. The lowest BCUT2D eigenvalue weighted by Crippen LogP contribution is -2.42. The summed E-state index contributed by atoms with van der Waals surface area (Å²) in [7, 11) is 3.26. The van der Waals surface area contributed by atoms with E-state index in [0.29, 0.717) is 13.0 Å². The highest BCUT2D eigenvalue weighted by atomic mass is 16.2. The first-order chi connectivity index (χ1) is 7.44. The van der Waals surface area contributed by atoms with Crippen LogP contribution in [0.25, 0.3) is 0 Å². The first kappa shape index (κ1) is 14.9. The molecule has 3 N–H and O–H groups in total. The third-order valence-electron chi connectivity index (χ3n) is 2.44. The minimum atomic E-state index is -0.415. The standard InChI is InChI=1S/C11H23N3O2/c1-11(2,10(16)13-4)8-14-7-5-6-9(15)12-3/h14H,5-8H2,1-4H3,(H,12,15)(H,13,16). The van der Waals surface area contributed by atoms with Gasteiger partial charge in [0, 0.05) is 27.1 Å². The Labute approximate surface area is 97.4 Å². The number of amides is 2. The molecule has 0 bridgehead atoms. The highest BCUT2D eigenvalue weighted by Gasteiger charge is 2.25. The van der Waals surface area contributed by atoms with E-state index in [1.54, 1.807) is 14.1 Å². The van der Waals surface area contributed by atoms with E-state index in [2.05, 4.69) is 16.0 Å². The van der Waals surface area contributed by atoms with Gasteiger partial charge in [0.25, 0.3) is 0 Å². The molecule has 94 valence electrons. The molecule has 0 spiro atoms. The van der Waals surface area contributed by atoms with E-state index in [4.69, 9.17) is 0 Å². The Morgan fingerprint density at radius 2 is 1.75 bits per heavy atom. The molecule has 0 fully saturated rings. The average Bonchev–Trinajstić information content (AvgIpc) is 2.26. The minimum absolute atomic E-state index is 0.0197. The Kier molecular flexibility index (Phi) is 6.72. The van der Waals surface area contributed by atoms with Crippen LogP contribution in [0.5, 0.6) is 0 Å². The summed E-state index contributed by atoms with van der Waals surface area (Å²) in [6.07, 6.45) is 1.30. The number of carbonyl (C=O) groups is 2. The molecule has 0 radical (unpaired) electrons. The summed E-state index contributed by atoms with van der Waals surface area (Å²) in [4.78, 5) is 22.4. The van der Waals surface area contributed by atoms with Crippen LogP contribution in [-0.4, -0.2) is 39.0 Å². The molecule has 0 aromatic rings. The molecule has 0 rings (SSSR count). The average molecular weight is 229 g/mol. The van der Waals surface area contributed by atoms with Crippen LogP contribution in [0.3, 0.4) is 0 Å². The molecule has 0 aliphatic carbocycles. The van der Waals surface area contributed by atoms with Crippen molar-refractivity contribution in [1.29, 1.82) is 0 Å². The van der Waals surface area contributed by atoms with Crippen molar-refractivity contribution in [1.82, 2.24) is 16.0 Å². The van der Waals surface area contributed by atoms with Crippen molar-refractivity contribution in [2.75, 3.05) is 27.2 Å². The van der Waals surface area contributed by atoms with E-state index in [1.807, 2.05) is 13.8 Å². The van der Waals surface area contributed by atoms with Gasteiger partial charge in [-0.2, -0.15) is 0 Å². The topological polar surface area (TPSA) is 70.2 Å². The van der Waals surface area contributed by atoms with Gasteiger partial charge in [-0.05, 0) is 26.8 Å². The van der Waals surface area contributed by atoms with Crippen LogP contribution in [-0.2, 0) is 9.59 Å². The molecule has 2 amide bonds. The number of nitrogens with one attached hydrogen (secondary N) is 3. The second-order valence-electron chi connectivity index (χ2n) is 4.42. The quantitative estimate of drug-likeness (QED) is 0.533. The predicted octanol–water partition coefficient (Wildman–Crippen LogP) is -0.126. The molecule has 0 aliphatic heterocycles. The van der Waals surface area contributed by atoms with E-state index in [-0.39, 0.29) is 11.8 Å². The normalized spacial score (nSPS) is 11.0. The van der Waals surface area contributed by atoms with Gasteiger partial charge in [0.1, 0.15) is 0 Å². The van der Waals surface area contributed by atoms with Crippen LogP contribution in [0.4, 0.5) is 0 Å². The molecular formula is C11H23N3O2. The maximum atomic E-state index is 11.4. The highest BCUT2D eigenvalue weighted by Crippen LogP contribution is 2.12. The Bertz CT molecular complexity index is 239. The summed E-state index contributed by atoms with van der Waals surface area (Å²) < 4.78 is 0. The molecule has 0 heterocycles. The molecule has 0 unspecified atom stereocenters. The van der Waals surface area contributed by atoms with E-state index < -0.39 is 5.41 Å². The number of carbonyl (C=O) groups excluding carboxylic acids is 2. The number of hydrogen-bond donors (Lipinski definition) is 3. The second-order valence-corrected chi connectivity index (χ2v) is 4.42. The Morgan fingerprint density at radius 1 is 1.12 bits per heavy atom. The molecule has 0 aromatic carbocycles. The Balaban J connectivity index is 3.66. The first-order valence-corrected chi connectivity index (χ1v) is 5.57. The van der Waals surface area contributed by atoms with Gasteiger partial charge in [-0.15, -0.1) is 0 Å².